The van der Waals surface area contributed by atoms with Crippen molar-refractivity contribution in [3.05, 3.63) is 60.9 Å². The van der Waals surface area contributed by atoms with E-state index in [4.69, 9.17) is 23.0 Å². The van der Waals surface area contributed by atoms with Crippen molar-refractivity contribution in [1.82, 2.24) is 4.98 Å². The minimum atomic E-state index is -4.08. The van der Waals surface area contributed by atoms with Gasteiger partial charge < -0.3 is 28.4 Å². The molecule has 0 saturated carbocycles. The Hall–Kier alpha value is -3.92. The second-order valence-electron chi connectivity index (χ2n) is 7.02. The molecule has 0 aliphatic carbocycles. The van der Waals surface area contributed by atoms with Gasteiger partial charge in [0.15, 0.2) is 17.3 Å². The standard InChI is InChI=1S/C23H20N2O7S/c1-2-28-16-7-5-15(6-8-16)24-22-23(25-21(32-22)19-4-3-11-29-19)33(26,27)17-9-10-18-20(14-17)31-13-12-30-18/h3-11,14,24H,2,12-13H2,1H3. The Morgan fingerprint density at radius 2 is 1.82 bits per heavy atom. The number of ether oxygens (including phenoxy) is 3. The molecule has 1 aliphatic rings. The quantitative estimate of drug-likeness (QED) is 0.413. The van der Waals surface area contributed by atoms with Crippen LogP contribution < -0.4 is 19.5 Å². The number of fused-ring (bicyclic) bond motifs is 1. The Morgan fingerprint density at radius 1 is 1.03 bits per heavy atom. The van der Waals surface area contributed by atoms with Gasteiger partial charge in [0.05, 0.1) is 17.8 Å². The summed E-state index contributed by atoms with van der Waals surface area (Å²) in [5.41, 5.74) is 0.597. The fourth-order valence-corrected chi connectivity index (χ4v) is 4.58. The van der Waals surface area contributed by atoms with E-state index in [9.17, 15) is 8.42 Å². The SMILES string of the molecule is CCOc1ccc(Nc2oc(-c3ccco3)nc2S(=O)(=O)c2ccc3c(c2)OCCO3)cc1. The van der Waals surface area contributed by atoms with E-state index >= 15 is 0 Å². The van der Waals surface area contributed by atoms with Crippen molar-refractivity contribution in [3.8, 4) is 28.9 Å². The van der Waals surface area contributed by atoms with Gasteiger partial charge in [-0.3, -0.25) is 0 Å². The van der Waals surface area contributed by atoms with Crippen LogP contribution in [0.5, 0.6) is 17.2 Å². The minimum absolute atomic E-state index is 0.000730. The number of anilines is 2. The predicted molar refractivity (Wildman–Crippen MR) is 118 cm³/mol. The lowest BCUT2D eigenvalue weighted by molar-refractivity contribution is 0.171. The number of hydrogen-bond acceptors (Lipinski definition) is 9. The molecule has 0 bridgehead atoms. The Labute approximate surface area is 189 Å². The summed E-state index contributed by atoms with van der Waals surface area (Å²) in [5.74, 6) is 1.84. The monoisotopic (exact) mass is 468 g/mol. The van der Waals surface area contributed by atoms with Gasteiger partial charge in [0, 0.05) is 11.8 Å². The lowest BCUT2D eigenvalue weighted by atomic mass is 10.3. The van der Waals surface area contributed by atoms with Gasteiger partial charge in [0.2, 0.25) is 20.7 Å². The highest BCUT2D eigenvalue weighted by atomic mass is 32.2. The van der Waals surface area contributed by atoms with Crippen LogP contribution in [-0.4, -0.2) is 33.2 Å². The fourth-order valence-electron chi connectivity index (χ4n) is 3.31. The van der Waals surface area contributed by atoms with Crippen molar-refractivity contribution < 1.29 is 31.5 Å². The molecule has 0 amide bonds. The summed E-state index contributed by atoms with van der Waals surface area (Å²) in [5, 5.41) is 2.72. The summed E-state index contributed by atoms with van der Waals surface area (Å²) in [4.78, 5) is 4.25. The molecular formula is C23H20N2O7S. The first kappa shape index (κ1) is 21.0. The molecule has 5 rings (SSSR count). The van der Waals surface area contributed by atoms with Crippen LogP contribution in [0.2, 0.25) is 0 Å². The second kappa shape index (κ2) is 8.55. The molecule has 2 aromatic carbocycles. The Kier molecular flexibility index (Phi) is 5.43. The molecule has 3 heterocycles. The average Bonchev–Trinajstić information content (AvgIpc) is 3.51. The van der Waals surface area contributed by atoms with Gasteiger partial charge >= 0.3 is 0 Å². The largest absolute Gasteiger partial charge is 0.494 e. The van der Waals surface area contributed by atoms with Gasteiger partial charge in [-0.2, -0.15) is 4.98 Å². The molecular weight excluding hydrogens is 448 g/mol. The molecule has 9 nitrogen and oxygen atoms in total. The van der Waals surface area contributed by atoms with E-state index in [1.165, 1.54) is 18.4 Å². The zero-order valence-corrected chi connectivity index (χ0v) is 18.4. The van der Waals surface area contributed by atoms with Gasteiger partial charge in [-0.05, 0) is 55.5 Å². The lowest BCUT2D eigenvalue weighted by Crippen LogP contribution is -2.16. The van der Waals surface area contributed by atoms with Crippen LogP contribution in [0.4, 0.5) is 11.6 Å². The topological polar surface area (TPSA) is 113 Å². The lowest BCUT2D eigenvalue weighted by Gasteiger charge is -2.18. The zero-order chi connectivity index (χ0) is 22.8. The maximum Gasteiger partial charge on any atom is 0.266 e. The molecule has 0 radical (unpaired) electrons. The van der Waals surface area contributed by atoms with Gasteiger partial charge in [-0.25, -0.2) is 8.42 Å². The first-order valence-electron chi connectivity index (χ1n) is 10.2. The van der Waals surface area contributed by atoms with Gasteiger partial charge in [-0.15, -0.1) is 0 Å². The van der Waals surface area contributed by atoms with E-state index in [-0.39, 0.29) is 21.7 Å². The van der Waals surface area contributed by atoms with Crippen molar-refractivity contribution in [2.24, 2.45) is 0 Å². The number of nitrogens with one attached hydrogen (secondary N) is 1. The van der Waals surface area contributed by atoms with Crippen LogP contribution in [0.1, 0.15) is 6.92 Å². The molecule has 33 heavy (non-hydrogen) atoms. The summed E-state index contributed by atoms with van der Waals surface area (Å²) in [6.45, 7) is 3.18. The number of aromatic nitrogens is 1. The summed E-state index contributed by atoms with van der Waals surface area (Å²) in [6, 6.07) is 14.8. The van der Waals surface area contributed by atoms with Crippen molar-refractivity contribution in [1.29, 1.82) is 0 Å². The summed E-state index contributed by atoms with van der Waals surface area (Å²) in [7, 11) is -4.08. The highest BCUT2D eigenvalue weighted by molar-refractivity contribution is 7.91. The highest BCUT2D eigenvalue weighted by Gasteiger charge is 2.30. The maximum atomic E-state index is 13.5. The molecule has 0 fully saturated rings. The number of oxazole rings is 1. The van der Waals surface area contributed by atoms with E-state index in [0.29, 0.717) is 48.5 Å². The molecule has 1 aliphatic heterocycles. The Morgan fingerprint density at radius 3 is 2.55 bits per heavy atom. The van der Waals surface area contributed by atoms with Crippen LogP contribution in [-0.2, 0) is 9.84 Å². The fraction of sp³-hybridized carbons (Fsp3) is 0.174. The van der Waals surface area contributed by atoms with Gasteiger partial charge in [0.25, 0.3) is 5.89 Å². The normalized spacial score (nSPS) is 13.0. The molecule has 0 unspecified atom stereocenters. The summed E-state index contributed by atoms with van der Waals surface area (Å²) >= 11 is 0. The Bertz CT molecular complexity index is 1360. The van der Waals surface area contributed by atoms with Crippen molar-refractivity contribution in [2.45, 2.75) is 16.8 Å². The highest BCUT2D eigenvalue weighted by Crippen LogP contribution is 2.38. The molecule has 170 valence electrons. The molecule has 4 aromatic rings. The smallest absolute Gasteiger partial charge is 0.266 e. The minimum Gasteiger partial charge on any atom is -0.494 e. The molecule has 1 N–H and O–H groups in total. The van der Waals surface area contributed by atoms with E-state index < -0.39 is 9.84 Å². The van der Waals surface area contributed by atoms with Crippen molar-refractivity contribution in [2.75, 3.05) is 25.1 Å². The van der Waals surface area contributed by atoms with Crippen LogP contribution in [0, 0.1) is 0 Å². The molecule has 2 aromatic heterocycles. The van der Waals surface area contributed by atoms with E-state index in [2.05, 4.69) is 10.3 Å². The number of sulfone groups is 1. The second-order valence-corrected chi connectivity index (χ2v) is 8.89. The molecule has 10 heteroatoms. The number of rotatable bonds is 7. The van der Waals surface area contributed by atoms with Crippen LogP contribution in [0.3, 0.4) is 0 Å². The van der Waals surface area contributed by atoms with Crippen LogP contribution >= 0.6 is 0 Å². The first-order chi connectivity index (χ1) is 16.0. The number of benzene rings is 2. The van der Waals surface area contributed by atoms with Crippen LogP contribution in [0.25, 0.3) is 11.7 Å². The van der Waals surface area contributed by atoms with E-state index in [0.717, 1.165) is 0 Å². The molecule has 0 spiro atoms. The van der Waals surface area contributed by atoms with Gasteiger partial charge in [-0.1, -0.05) is 0 Å². The molecule has 0 saturated heterocycles. The van der Waals surface area contributed by atoms with Crippen LogP contribution in [0.15, 0.2) is 79.6 Å². The number of hydrogen-bond donors (Lipinski definition) is 1. The third-order valence-corrected chi connectivity index (χ3v) is 6.49. The predicted octanol–water partition coefficient (Wildman–Crippen LogP) is 4.68. The zero-order valence-electron chi connectivity index (χ0n) is 17.6. The third-order valence-electron chi connectivity index (χ3n) is 4.83. The molecule has 0 atom stereocenters. The number of furan rings is 1. The average molecular weight is 468 g/mol. The maximum absolute atomic E-state index is 13.5. The van der Waals surface area contributed by atoms with E-state index in [1.807, 2.05) is 6.92 Å². The van der Waals surface area contributed by atoms with Gasteiger partial charge in [0.1, 0.15) is 19.0 Å². The first-order valence-corrected chi connectivity index (χ1v) is 11.7. The Balaban J connectivity index is 1.55. The third kappa shape index (κ3) is 4.12. The summed E-state index contributed by atoms with van der Waals surface area (Å²) < 4.78 is 54.7. The van der Waals surface area contributed by atoms with E-state index in [1.54, 1.807) is 42.5 Å². The van der Waals surface area contributed by atoms with Crippen molar-refractivity contribution in [3.63, 3.8) is 0 Å². The summed E-state index contributed by atoms with van der Waals surface area (Å²) in [6.07, 6.45) is 1.45. The van der Waals surface area contributed by atoms with Crippen molar-refractivity contribution >= 4 is 21.4 Å². The number of nitrogens with zero attached hydrogens (tertiary/aromatic N) is 1.